The van der Waals surface area contributed by atoms with Crippen LogP contribution in [0.1, 0.15) is 54.1 Å². The second-order valence-corrected chi connectivity index (χ2v) is 10.6. The highest BCUT2D eigenvalue weighted by Gasteiger charge is 2.25. The zero-order valence-corrected chi connectivity index (χ0v) is 23.5. The minimum atomic E-state index is -1.11. The van der Waals surface area contributed by atoms with Gasteiger partial charge in [0.2, 0.25) is 0 Å². The van der Waals surface area contributed by atoms with E-state index in [0.29, 0.717) is 11.3 Å². The smallest absolute Gasteiger partial charge is 0.407 e. The summed E-state index contributed by atoms with van der Waals surface area (Å²) in [5.41, 5.74) is 0.384. The van der Waals surface area contributed by atoms with E-state index < -0.39 is 41.1 Å². The highest BCUT2D eigenvalue weighted by molar-refractivity contribution is 6.31. The van der Waals surface area contributed by atoms with Crippen LogP contribution in [0.5, 0.6) is 5.75 Å². The average molecular weight is 589 g/mol. The maximum absolute atomic E-state index is 14.2. The van der Waals surface area contributed by atoms with Gasteiger partial charge < -0.3 is 20.1 Å². The number of nitrogens with one attached hydrogen (secondary N) is 2. The van der Waals surface area contributed by atoms with E-state index in [9.17, 15) is 22.8 Å². The van der Waals surface area contributed by atoms with Crippen molar-refractivity contribution >= 4 is 29.2 Å². The number of alkyl carbamates (subject to hydrolysis) is 1. The monoisotopic (exact) mass is 588 g/mol. The van der Waals surface area contributed by atoms with E-state index in [-0.39, 0.29) is 40.7 Å². The predicted molar refractivity (Wildman–Crippen MR) is 146 cm³/mol. The lowest BCUT2D eigenvalue weighted by molar-refractivity contribution is 0.0519. The number of imidazole rings is 1. The van der Waals surface area contributed by atoms with Gasteiger partial charge in [0.15, 0.2) is 23.0 Å². The Morgan fingerprint density at radius 2 is 1.80 bits per heavy atom. The summed E-state index contributed by atoms with van der Waals surface area (Å²) in [4.78, 5) is 30.3. The van der Waals surface area contributed by atoms with Gasteiger partial charge in [0.1, 0.15) is 23.7 Å². The quantitative estimate of drug-likeness (QED) is 0.252. The zero-order chi connectivity index (χ0) is 29.9. The number of benzene rings is 2. The van der Waals surface area contributed by atoms with Gasteiger partial charge in [0, 0.05) is 18.3 Å². The Morgan fingerprint density at radius 3 is 2.49 bits per heavy atom. The van der Waals surface area contributed by atoms with E-state index in [2.05, 4.69) is 15.6 Å². The van der Waals surface area contributed by atoms with Gasteiger partial charge in [-0.2, -0.15) is 0 Å². The van der Waals surface area contributed by atoms with Crippen molar-refractivity contribution in [3.05, 3.63) is 99.7 Å². The van der Waals surface area contributed by atoms with Crippen LogP contribution in [-0.2, 0) is 11.3 Å². The van der Waals surface area contributed by atoms with E-state index in [1.165, 1.54) is 22.6 Å². The summed E-state index contributed by atoms with van der Waals surface area (Å²) in [5.74, 6) is -3.02. The van der Waals surface area contributed by atoms with Crippen molar-refractivity contribution in [2.45, 2.75) is 45.9 Å². The van der Waals surface area contributed by atoms with Crippen molar-refractivity contribution in [3.63, 3.8) is 0 Å². The molecule has 1 unspecified atom stereocenters. The lowest BCUT2D eigenvalue weighted by Gasteiger charge is -2.23. The minimum Gasteiger partial charge on any atom is -0.485 e. The van der Waals surface area contributed by atoms with Crippen molar-refractivity contribution < 1.29 is 32.2 Å². The van der Waals surface area contributed by atoms with Crippen molar-refractivity contribution in [2.24, 2.45) is 0 Å². The number of amides is 2. The maximum atomic E-state index is 14.2. The number of aromatic nitrogens is 2. The summed E-state index contributed by atoms with van der Waals surface area (Å²) >= 11 is 6.11. The number of hydrogen-bond donors (Lipinski definition) is 2. The third-order valence-corrected chi connectivity index (χ3v) is 6.29. The molecule has 2 aromatic carbocycles. The molecule has 0 spiro atoms. The molecule has 0 saturated carbocycles. The molecule has 8 nitrogen and oxygen atoms in total. The minimum absolute atomic E-state index is 0.138. The van der Waals surface area contributed by atoms with Gasteiger partial charge in [-0.05, 0) is 69.7 Å². The Hall–Kier alpha value is -4.25. The summed E-state index contributed by atoms with van der Waals surface area (Å²) < 4.78 is 54.5. The normalized spacial score (nSPS) is 12.2. The van der Waals surface area contributed by atoms with Crippen LogP contribution < -0.4 is 15.4 Å². The van der Waals surface area contributed by atoms with Gasteiger partial charge in [-0.1, -0.05) is 23.7 Å². The van der Waals surface area contributed by atoms with Gasteiger partial charge >= 0.3 is 6.09 Å². The first kappa shape index (κ1) is 29.7. The van der Waals surface area contributed by atoms with Crippen LogP contribution >= 0.6 is 11.6 Å². The topological polar surface area (TPSA) is 94.0 Å². The molecule has 41 heavy (non-hydrogen) atoms. The molecule has 0 fully saturated rings. The third-order valence-electron chi connectivity index (χ3n) is 5.94. The molecule has 0 aliphatic rings. The number of halogens is 4. The van der Waals surface area contributed by atoms with Gasteiger partial charge in [-0.15, -0.1) is 0 Å². The lowest BCUT2D eigenvalue weighted by Crippen LogP contribution is -2.40. The standard InChI is InChI=1S/C29H28ClF3N4O4/c1-16-25(37-12-6-9-24(26(37)35-16)40-15-18-19(30)7-5-8-20(18)31)27(38)36-23(14-34-28(39)41-29(2,3)4)17-10-11-21(32)22(33)13-17/h5-13,23H,14-15H2,1-4H3,(H,34,39)(H,36,38). The zero-order valence-electron chi connectivity index (χ0n) is 22.7. The van der Waals surface area contributed by atoms with Crippen molar-refractivity contribution in [1.82, 2.24) is 20.0 Å². The molecule has 2 N–H and O–H groups in total. The van der Waals surface area contributed by atoms with Crippen molar-refractivity contribution in [2.75, 3.05) is 6.54 Å². The fraction of sp³-hybridized carbons (Fsp3) is 0.276. The molecule has 0 bridgehead atoms. The van der Waals surface area contributed by atoms with E-state index in [4.69, 9.17) is 21.1 Å². The number of aryl methyl sites for hydroxylation is 1. The molecule has 0 aliphatic carbocycles. The molecule has 2 amide bonds. The van der Waals surface area contributed by atoms with E-state index in [1.54, 1.807) is 52.1 Å². The number of carbonyl (C=O) groups excluding carboxylic acids is 2. The summed E-state index contributed by atoms with van der Waals surface area (Å²) in [5, 5.41) is 5.52. The fourth-order valence-electron chi connectivity index (χ4n) is 4.07. The van der Waals surface area contributed by atoms with E-state index in [0.717, 1.165) is 12.1 Å². The van der Waals surface area contributed by atoms with Crippen LogP contribution in [-0.4, -0.2) is 33.5 Å². The Labute approximate surface area is 239 Å². The van der Waals surface area contributed by atoms with Gasteiger partial charge in [-0.25, -0.2) is 22.9 Å². The highest BCUT2D eigenvalue weighted by Crippen LogP contribution is 2.26. The van der Waals surface area contributed by atoms with Crippen LogP contribution in [0.3, 0.4) is 0 Å². The number of fused-ring (bicyclic) bond motifs is 1. The summed E-state index contributed by atoms with van der Waals surface area (Å²) in [6.45, 7) is 6.34. The van der Waals surface area contributed by atoms with Gasteiger partial charge in [0.05, 0.1) is 16.8 Å². The second kappa shape index (κ2) is 12.1. The molecule has 4 aromatic rings. The Bertz CT molecular complexity index is 1580. The number of ether oxygens (including phenoxy) is 2. The van der Waals surface area contributed by atoms with Crippen LogP contribution in [0.4, 0.5) is 18.0 Å². The summed E-state index contributed by atoms with van der Waals surface area (Å²) in [6.07, 6.45) is 0.848. The molecule has 2 heterocycles. The molecule has 12 heteroatoms. The van der Waals surface area contributed by atoms with Gasteiger partial charge in [-0.3, -0.25) is 9.20 Å². The molecule has 0 aliphatic heterocycles. The number of rotatable bonds is 8. The Balaban J connectivity index is 1.60. The Morgan fingerprint density at radius 1 is 1.05 bits per heavy atom. The number of pyridine rings is 1. The highest BCUT2D eigenvalue weighted by atomic mass is 35.5. The number of hydrogen-bond acceptors (Lipinski definition) is 5. The molecular formula is C29H28ClF3N4O4. The van der Waals surface area contributed by atoms with E-state index in [1.807, 2.05) is 0 Å². The van der Waals surface area contributed by atoms with Crippen LogP contribution in [0.25, 0.3) is 5.65 Å². The first-order valence-corrected chi connectivity index (χ1v) is 13.0. The molecule has 2 aromatic heterocycles. The first-order valence-electron chi connectivity index (χ1n) is 12.6. The molecule has 0 saturated heterocycles. The second-order valence-electron chi connectivity index (χ2n) is 10.2. The summed E-state index contributed by atoms with van der Waals surface area (Å²) in [7, 11) is 0. The van der Waals surface area contributed by atoms with Crippen LogP contribution in [0, 0.1) is 24.4 Å². The molecular weight excluding hydrogens is 561 g/mol. The van der Waals surface area contributed by atoms with Crippen LogP contribution in [0.2, 0.25) is 5.02 Å². The van der Waals surface area contributed by atoms with E-state index >= 15 is 0 Å². The van der Waals surface area contributed by atoms with Crippen molar-refractivity contribution in [3.8, 4) is 5.75 Å². The molecule has 0 radical (unpaired) electrons. The number of nitrogens with zero attached hydrogens (tertiary/aromatic N) is 2. The lowest BCUT2D eigenvalue weighted by atomic mass is 10.1. The number of carbonyl (C=O) groups is 2. The maximum Gasteiger partial charge on any atom is 0.407 e. The summed E-state index contributed by atoms with van der Waals surface area (Å²) in [6, 6.07) is 9.77. The largest absolute Gasteiger partial charge is 0.485 e. The SMILES string of the molecule is Cc1nc2c(OCc3c(F)cccc3Cl)cccn2c1C(=O)NC(CNC(=O)OC(C)(C)C)c1ccc(F)c(F)c1. The fourth-order valence-corrected chi connectivity index (χ4v) is 4.29. The van der Waals surface area contributed by atoms with Gasteiger partial charge in [0.25, 0.3) is 5.91 Å². The molecule has 1 atom stereocenters. The first-order chi connectivity index (χ1) is 19.3. The molecule has 4 rings (SSSR count). The van der Waals surface area contributed by atoms with Crippen LogP contribution in [0.15, 0.2) is 54.7 Å². The third kappa shape index (κ3) is 7.10. The molecule has 216 valence electrons. The van der Waals surface area contributed by atoms with Crippen molar-refractivity contribution in [1.29, 1.82) is 0 Å². The predicted octanol–water partition coefficient (Wildman–Crippen LogP) is 6.29. The Kier molecular flexibility index (Phi) is 8.77. The average Bonchev–Trinajstić information content (AvgIpc) is 3.23.